The van der Waals surface area contributed by atoms with Crippen molar-refractivity contribution in [3.8, 4) is 0 Å². The third-order valence-corrected chi connectivity index (χ3v) is 2.63. The molecule has 0 fully saturated rings. The maximum Gasteiger partial charge on any atom is 0.106 e. The molecule has 0 aliphatic heterocycles. The summed E-state index contributed by atoms with van der Waals surface area (Å²) in [5.74, 6) is 0. The Kier molecular flexibility index (Phi) is 3.52. The molecule has 0 radical (unpaired) electrons. The van der Waals surface area contributed by atoms with Gasteiger partial charge in [-0.3, -0.25) is 0 Å². The van der Waals surface area contributed by atoms with Gasteiger partial charge in [0.1, 0.15) is 5.01 Å². The first-order valence-electron chi connectivity index (χ1n) is 4.00. The van der Waals surface area contributed by atoms with Crippen molar-refractivity contribution >= 4 is 11.3 Å². The highest BCUT2D eigenvalue weighted by Gasteiger charge is 1.98. The van der Waals surface area contributed by atoms with Gasteiger partial charge in [-0.15, -0.1) is 11.3 Å². The highest BCUT2D eigenvalue weighted by atomic mass is 32.1. The lowest BCUT2D eigenvalue weighted by Crippen LogP contribution is -1.93. The molecule has 1 heterocycles. The average molecular weight is 170 g/mol. The van der Waals surface area contributed by atoms with Crippen LogP contribution in [-0.2, 0) is 13.0 Å². The smallest absolute Gasteiger partial charge is 0.106 e. The van der Waals surface area contributed by atoms with Crippen LogP contribution in [0.5, 0.6) is 0 Å². The van der Waals surface area contributed by atoms with Gasteiger partial charge in [0, 0.05) is 17.6 Å². The number of thiazole rings is 1. The first-order valence-corrected chi connectivity index (χ1v) is 4.82. The number of aryl methyl sites for hydroxylation is 1. The number of rotatable bonds is 4. The van der Waals surface area contributed by atoms with Crippen LogP contribution >= 0.6 is 11.3 Å². The number of nitrogens with zero attached hydrogens (tertiary/aromatic N) is 1. The van der Waals surface area contributed by atoms with Crippen molar-refractivity contribution in [2.24, 2.45) is 5.73 Å². The first kappa shape index (κ1) is 8.68. The molecule has 0 aliphatic carbocycles. The maximum absolute atomic E-state index is 5.44. The van der Waals surface area contributed by atoms with Crippen molar-refractivity contribution in [1.82, 2.24) is 4.98 Å². The molecule has 62 valence electrons. The summed E-state index contributed by atoms with van der Waals surface area (Å²) < 4.78 is 0. The van der Waals surface area contributed by atoms with Crippen LogP contribution in [0, 0.1) is 0 Å². The third-order valence-electron chi connectivity index (χ3n) is 1.55. The van der Waals surface area contributed by atoms with Gasteiger partial charge < -0.3 is 5.73 Å². The largest absolute Gasteiger partial charge is 0.325 e. The Hall–Kier alpha value is -0.410. The van der Waals surface area contributed by atoms with E-state index in [-0.39, 0.29) is 0 Å². The predicted molar refractivity (Wildman–Crippen MR) is 48.6 cm³/mol. The second kappa shape index (κ2) is 4.46. The summed E-state index contributed by atoms with van der Waals surface area (Å²) in [5, 5.41) is 1.05. The maximum atomic E-state index is 5.44. The lowest BCUT2D eigenvalue weighted by atomic mass is 10.2. The van der Waals surface area contributed by atoms with Gasteiger partial charge in [-0.05, 0) is 12.8 Å². The zero-order valence-electron chi connectivity index (χ0n) is 6.84. The van der Waals surface area contributed by atoms with E-state index in [4.69, 9.17) is 5.73 Å². The van der Waals surface area contributed by atoms with E-state index in [2.05, 4.69) is 11.9 Å². The molecule has 2 N–H and O–H groups in total. The molecule has 0 spiro atoms. The molecule has 0 amide bonds. The highest BCUT2D eigenvalue weighted by Crippen LogP contribution is 2.14. The molecule has 11 heavy (non-hydrogen) atoms. The van der Waals surface area contributed by atoms with Crippen molar-refractivity contribution in [2.45, 2.75) is 32.7 Å². The van der Waals surface area contributed by atoms with Crippen LogP contribution in [0.15, 0.2) is 6.20 Å². The second-order valence-electron chi connectivity index (χ2n) is 2.53. The number of nitrogens with two attached hydrogens (primary N) is 1. The van der Waals surface area contributed by atoms with Gasteiger partial charge >= 0.3 is 0 Å². The molecular formula is C8H14N2S. The Morgan fingerprint density at radius 2 is 2.45 bits per heavy atom. The molecular weight excluding hydrogens is 156 g/mol. The standard InChI is InChI=1S/C8H14N2S/c1-2-3-4-7-6-10-8(5-9)11-7/h6H,2-5,9H2,1H3. The van der Waals surface area contributed by atoms with Crippen LogP contribution in [0.25, 0.3) is 0 Å². The minimum Gasteiger partial charge on any atom is -0.325 e. The van der Waals surface area contributed by atoms with Crippen LogP contribution < -0.4 is 5.73 Å². The monoisotopic (exact) mass is 170 g/mol. The lowest BCUT2D eigenvalue weighted by molar-refractivity contribution is 0.803. The molecule has 0 aromatic carbocycles. The zero-order valence-corrected chi connectivity index (χ0v) is 7.66. The van der Waals surface area contributed by atoms with E-state index < -0.39 is 0 Å². The van der Waals surface area contributed by atoms with Gasteiger partial charge in [0.05, 0.1) is 0 Å². The number of unbranched alkanes of at least 4 members (excludes halogenated alkanes) is 1. The summed E-state index contributed by atoms with van der Waals surface area (Å²) in [5.41, 5.74) is 5.44. The van der Waals surface area contributed by atoms with Crippen LogP contribution in [0.4, 0.5) is 0 Å². The SMILES string of the molecule is CCCCc1cnc(CN)s1. The Labute approximate surface area is 71.5 Å². The van der Waals surface area contributed by atoms with E-state index in [9.17, 15) is 0 Å². The minimum absolute atomic E-state index is 0.580. The molecule has 0 aliphatic rings. The molecule has 0 saturated heterocycles. The van der Waals surface area contributed by atoms with Crippen LogP contribution in [-0.4, -0.2) is 4.98 Å². The van der Waals surface area contributed by atoms with Crippen LogP contribution in [0.1, 0.15) is 29.7 Å². The van der Waals surface area contributed by atoms with Crippen LogP contribution in [0.3, 0.4) is 0 Å². The Morgan fingerprint density at radius 1 is 1.64 bits per heavy atom. The van der Waals surface area contributed by atoms with Gasteiger partial charge in [0.25, 0.3) is 0 Å². The topological polar surface area (TPSA) is 38.9 Å². The normalized spacial score (nSPS) is 10.4. The molecule has 0 bridgehead atoms. The summed E-state index contributed by atoms with van der Waals surface area (Å²) in [7, 11) is 0. The predicted octanol–water partition coefficient (Wildman–Crippen LogP) is 1.94. The number of aromatic nitrogens is 1. The zero-order chi connectivity index (χ0) is 8.10. The van der Waals surface area contributed by atoms with Crippen molar-refractivity contribution < 1.29 is 0 Å². The third kappa shape index (κ3) is 2.60. The molecule has 0 atom stereocenters. The summed E-state index contributed by atoms with van der Waals surface area (Å²) in [6.07, 6.45) is 5.61. The fourth-order valence-corrected chi connectivity index (χ4v) is 1.75. The molecule has 2 nitrogen and oxygen atoms in total. The molecule has 3 heteroatoms. The van der Waals surface area contributed by atoms with Crippen molar-refractivity contribution in [2.75, 3.05) is 0 Å². The molecule has 0 unspecified atom stereocenters. The Morgan fingerprint density at radius 3 is 3.00 bits per heavy atom. The molecule has 0 saturated carbocycles. The molecule has 1 aromatic rings. The Balaban J connectivity index is 2.44. The van der Waals surface area contributed by atoms with Gasteiger partial charge in [0.2, 0.25) is 0 Å². The van der Waals surface area contributed by atoms with Gasteiger partial charge in [-0.25, -0.2) is 4.98 Å². The van der Waals surface area contributed by atoms with Gasteiger partial charge in [0.15, 0.2) is 0 Å². The van der Waals surface area contributed by atoms with E-state index in [0.717, 1.165) is 11.4 Å². The Bertz CT molecular complexity index is 208. The quantitative estimate of drug-likeness (QED) is 0.750. The van der Waals surface area contributed by atoms with E-state index in [1.54, 1.807) is 11.3 Å². The first-order chi connectivity index (χ1) is 5.36. The van der Waals surface area contributed by atoms with Gasteiger partial charge in [-0.1, -0.05) is 13.3 Å². The summed E-state index contributed by atoms with van der Waals surface area (Å²) >= 11 is 1.74. The fourth-order valence-electron chi connectivity index (χ4n) is 0.909. The second-order valence-corrected chi connectivity index (χ2v) is 3.73. The molecule has 1 rings (SSSR count). The van der Waals surface area contributed by atoms with Crippen molar-refractivity contribution in [3.63, 3.8) is 0 Å². The average Bonchev–Trinajstić information content (AvgIpc) is 2.48. The lowest BCUT2D eigenvalue weighted by Gasteiger charge is -1.90. The molecule has 1 aromatic heterocycles. The van der Waals surface area contributed by atoms with Crippen LogP contribution in [0.2, 0.25) is 0 Å². The van der Waals surface area contributed by atoms with Gasteiger partial charge in [-0.2, -0.15) is 0 Å². The van der Waals surface area contributed by atoms with E-state index >= 15 is 0 Å². The number of hydrogen-bond donors (Lipinski definition) is 1. The van der Waals surface area contributed by atoms with E-state index in [1.165, 1.54) is 17.7 Å². The van der Waals surface area contributed by atoms with E-state index in [1.807, 2.05) is 6.20 Å². The van der Waals surface area contributed by atoms with E-state index in [0.29, 0.717) is 6.54 Å². The minimum atomic E-state index is 0.580. The van der Waals surface area contributed by atoms with Crippen molar-refractivity contribution in [1.29, 1.82) is 0 Å². The van der Waals surface area contributed by atoms with Crippen molar-refractivity contribution in [3.05, 3.63) is 16.1 Å². The fraction of sp³-hybridized carbons (Fsp3) is 0.625. The number of hydrogen-bond acceptors (Lipinski definition) is 3. The summed E-state index contributed by atoms with van der Waals surface area (Å²) in [6, 6.07) is 0. The summed E-state index contributed by atoms with van der Waals surface area (Å²) in [6.45, 7) is 2.78. The highest BCUT2D eigenvalue weighted by molar-refractivity contribution is 7.11. The summed E-state index contributed by atoms with van der Waals surface area (Å²) in [4.78, 5) is 5.55.